The molecule has 0 aliphatic heterocycles. The second kappa shape index (κ2) is 5.14. The second-order valence-corrected chi connectivity index (χ2v) is 4.52. The number of carbonyl (C=O) groups is 2. The highest BCUT2D eigenvalue weighted by Crippen LogP contribution is 2.18. The van der Waals surface area contributed by atoms with Crippen LogP contribution >= 0.6 is 0 Å². The van der Waals surface area contributed by atoms with E-state index in [9.17, 15) is 9.59 Å². The fourth-order valence-electron chi connectivity index (χ4n) is 1.64. The van der Waals surface area contributed by atoms with Gasteiger partial charge in [0, 0.05) is 12.2 Å². The van der Waals surface area contributed by atoms with Gasteiger partial charge in [0.1, 0.15) is 0 Å². The van der Waals surface area contributed by atoms with E-state index in [0.29, 0.717) is 11.7 Å². The number of Topliss-reactive ketones (excluding diaryl/α,β-unsaturated/α-hetero) is 1. The molecule has 0 saturated heterocycles. The van der Waals surface area contributed by atoms with Crippen molar-refractivity contribution in [1.29, 1.82) is 0 Å². The summed E-state index contributed by atoms with van der Waals surface area (Å²) in [6, 6.07) is 3.89. The summed E-state index contributed by atoms with van der Waals surface area (Å²) in [4.78, 5) is 27.8. The lowest BCUT2D eigenvalue weighted by atomic mass is 10.3. The van der Waals surface area contributed by atoms with Gasteiger partial charge in [-0.3, -0.25) is 14.5 Å². The van der Waals surface area contributed by atoms with Crippen LogP contribution in [-0.4, -0.2) is 47.8 Å². The molecule has 1 fully saturated rings. The molecule has 5 nitrogen and oxygen atoms in total. The number of nitrogens with zero attached hydrogens (tertiary/aromatic N) is 1. The molecular weight excluding hydrogens is 218 g/mol. The Morgan fingerprint density at radius 2 is 2.24 bits per heavy atom. The Balaban J connectivity index is 1.74. The van der Waals surface area contributed by atoms with Gasteiger partial charge >= 0.3 is 0 Å². The molecule has 1 aliphatic carbocycles. The quantitative estimate of drug-likeness (QED) is 0.702. The van der Waals surface area contributed by atoms with Crippen LogP contribution in [-0.2, 0) is 4.79 Å². The summed E-state index contributed by atoms with van der Waals surface area (Å²) in [5.41, 5.74) is 0.583. The van der Waals surface area contributed by atoms with E-state index >= 15 is 0 Å². The van der Waals surface area contributed by atoms with Crippen molar-refractivity contribution in [2.75, 3.05) is 20.1 Å². The fourth-order valence-corrected chi connectivity index (χ4v) is 1.64. The zero-order chi connectivity index (χ0) is 12.3. The van der Waals surface area contributed by atoms with Gasteiger partial charge in [0.2, 0.25) is 5.91 Å². The third-order valence-corrected chi connectivity index (χ3v) is 2.67. The summed E-state index contributed by atoms with van der Waals surface area (Å²) in [5.74, 6) is -0.00833. The van der Waals surface area contributed by atoms with Crippen LogP contribution in [0.3, 0.4) is 0 Å². The Bertz CT molecular complexity index is 396. The molecule has 1 amide bonds. The average Bonchev–Trinajstić information content (AvgIpc) is 2.90. The first-order valence-electron chi connectivity index (χ1n) is 5.79. The molecule has 0 aromatic carbocycles. The first-order chi connectivity index (χ1) is 8.15. The highest BCUT2D eigenvalue weighted by atomic mass is 16.2. The summed E-state index contributed by atoms with van der Waals surface area (Å²) in [6.07, 6.45) is 3.88. The predicted molar refractivity (Wildman–Crippen MR) is 63.8 cm³/mol. The van der Waals surface area contributed by atoms with Crippen molar-refractivity contribution in [3.63, 3.8) is 0 Å². The molecule has 92 valence electrons. The fraction of sp³-hybridized carbons (Fsp3) is 0.500. The van der Waals surface area contributed by atoms with Crippen LogP contribution in [0, 0.1) is 0 Å². The molecule has 1 aromatic heterocycles. The zero-order valence-electron chi connectivity index (χ0n) is 9.90. The topological polar surface area (TPSA) is 65.2 Å². The molecule has 1 heterocycles. The SMILES string of the molecule is CN(CC(=O)NC1CC1)CC(=O)c1ccc[nH]1. The zero-order valence-corrected chi connectivity index (χ0v) is 9.90. The summed E-state index contributed by atoms with van der Waals surface area (Å²) >= 11 is 0. The van der Waals surface area contributed by atoms with Gasteiger partial charge in [-0.15, -0.1) is 0 Å². The van der Waals surface area contributed by atoms with E-state index in [1.165, 1.54) is 0 Å². The molecule has 0 spiro atoms. The molecule has 0 unspecified atom stereocenters. The average molecular weight is 235 g/mol. The number of hydrogen-bond donors (Lipinski definition) is 2. The van der Waals surface area contributed by atoms with Crippen molar-refractivity contribution in [1.82, 2.24) is 15.2 Å². The molecule has 5 heteroatoms. The monoisotopic (exact) mass is 235 g/mol. The number of rotatable bonds is 6. The lowest BCUT2D eigenvalue weighted by Crippen LogP contribution is -2.38. The molecule has 1 saturated carbocycles. The van der Waals surface area contributed by atoms with Crippen LogP contribution in [0.2, 0.25) is 0 Å². The molecule has 0 radical (unpaired) electrons. The largest absolute Gasteiger partial charge is 0.359 e. The van der Waals surface area contributed by atoms with E-state index in [4.69, 9.17) is 0 Å². The van der Waals surface area contributed by atoms with Gasteiger partial charge in [-0.2, -0.15) is 0 Å². The molecule has 2 rings (SSSR count). The maximum atomic E-state index is 11.7. The van der Waals surface area contributed by atoms with Crippen molar-refractivity contribution in [2.45, 2.75) is 18.9 Å². The van der Waals surface area contributed by atoms with Crippen molar-refractivity contribution in [3.8, 4) is 0 Å². The number of hydrogen-bond acceptors (Lipinski definition) is 3. The summed E-state index contributed by atoms with van der Waals surface area (Å²) in [7, 11) is 1.77. The van der Waals surface area contributed by atoms with Crippen LogP contribution in [0.4, 0.5) is 0 Å². The molecule has 0 bridgehead atoms. The second-order valence-electron chi connectivity index (χ2n) is 4.52. The van der Waals surface area contributed by atoms with Gasteiger partial charge in [-0.25, -0.2) is 0 Å². The number of nitrogens with one attached hydrogen (secondary N) is 2. The number of H-pyrrole nitrogens is 1. The first-order valence-corrected chi connectivity index (χ1v) is 5.79. The number of aromatic nitrogens is 1. The highest BCUT2D eigenvalue weighted by Gasteiger charge is 2.23. The van der Waals surface area contributed by atoms with Crippen molar-refractivity contribution >= 4 is 11.7 Å². The molecule has 1 aliphatic rings. The lowest BCUT2D eigenvalue weighted by molar-refractivity contribution is -0.121. The van der Waals surface area contributed by atoms with Crippen molar-refractivity contribution < 1.29 is 9.59 Å². The van der Waals surface area contributed by atoms with Crippen LogP contribution in [0.25, 0.3) is 0 Å². The Kier molecular flexibility index (Phi) is 3.58. The number of carbonyl (C=O) groups excluding carboxylic acids is 2. The van der Waals surface area contributed by atoms with Gasteiger partial charge in [0.15, 0.2) is 5.78 Å². The number of aromatic amines is 1. The minimum Gasteiger partial charge on any atom is -0.359 e. The lowest BCUT2D eigenvalue weighted by Gasteiger charge is -2.14. The summed E-state index contributed by atoms with van der Waals surface area (Å²) in [6.45, 7) is 0.515. The number of ketones is 1. The Morgan fingerprint density at radius 3 is 2.82 bits per heavy atom. The molecular formula is C12H17N3O2. The van der Waals surface area contributed by atoms with Crippen LogP contribution < -0.4 is 5.32 Å². The molecule has 1 aromatic rings. The molecule has 2 N–H and O–H groups in total. The standard InChI is InChI=1S/C12H17N3O2/c1-15(8-12(17)14-9-4-5-9)7-11(16)10-3-2-6-13-10/h2-3,6,9,13H,4-5,7-8H2,1H3,(H,14,17). The minimum atomic E-state index is -0.00529. The summed E-state index contributed by atoms with van der Waals surface area (Å²) < 4.78 is 0. The maximum Gasteiger partial charge on any atom is 0.234 e. The van der Waals surface area contributed by atoms with E-state index in [0.717, 1.165) is 12.8 Å². The van der Waals surface area contributed by atoms with E-state index in [1.807, 2.05) is 0 Å². The van der Waals surface area contributed by atoms with Crippen LogP contribution in [0.1, 0.15) is 23.3 Å². The molecule has 0 atom stereocenters. The van der Waals surface area contributed by atoms with E-state index in [1.54, 1.807) is 30.3 Å². The smallest absolute Gasteiger partial charge is 0.234 e. The third kappa shape index (κ3) is 3.71. The first kappa shape index (κ1) is 11.9. The van der Waals surface area contributed by atoms with Gasteiger partial charge in [0.25, 0.3) is 0 Å². The Labute approximate surface area is 100 Å². The van der Waals surface area contributed by atoms with Gasteiger partial charge in [0.05, 0.1) is 18.8 Å². The normalized spacial score (nSPS) is 14.9. The summed E-state index contributed by atoms with van der Waals surface area (Å²) in [5, 5.41) is 2.89. The van der Waals surface area contributed by atoms with Gasteiger partial charge in [-0.05, 0) is 32.0 Å². The number of likely N-dealkylation sites (N-methyl/N-ethyl adjacent to an activating group) is 1. The van der Waals surface area contributed by atoms with Crippen molar-refractivity contribution in [3.05, 3.63) is 24.0 Å². The van der Waals surface area contributed by atoms with E-state index in [-0.39, 0.29) is 24.8 Å². The molecule has 17 heavy (non-hydrogen) atoms. The van der Waals surface area contributed by atoms with Crippen molar-refractivity contribution in [2.24, 2.45) is 0 Å². The van der Waals surface area contributed by atoms with Gasteiger partial charge < -0.3 is 10.3 Å². The minimum absolute atomic E-state index is 0.00304. The van der Waals surface area contributed by atoms with E-state index < -0.39 is 0 Å². The third-order valence-electron chi connectivity index (χ3n) is 2.67. The Morgan fingerprint density at radius 1 is 1.47 bits per heavy atom. The number of amides is 1. The van der Waals surface area contributed by atoms with Crippen LogP contribution in [0.5, 0.6) is 0 Å². The Hall–Kier alpha value is -1.62. The van der Waals surface area contributed by atoms with E-state index in [2.05, 4.69) is 10.3 Å². The highest BCUT2D eigenvalue weighted by molar-refractivity contribution is 5.96. The predicted octanol–water partition coefficient (Wildman–Crippen LogP) is 0.408. The maximum absolute atomic E-state index is 11.7. The van der Waals surface area contributed by atoms with Crippen LogP contribution in [0.15, 0.2) is 18.3 Å². The van der Waals surface area contributed by atoms with Gasteiger partial charge in [-0.1, -0.05) is 0 Å².